The fourth-order valence-electron chi connectivity index (χ4n) is 6.85. The van der Waals surface area contributed by atoms with Crippen LogP contribution in [0.3, 0.4) is 0 Å². The van der Waals surface area contributed by atoms with Crippen LogP contribution < -0.4 is 15.5 Å². The zero-order chi connectivity index (χ0) is 30.3. The summed E-state index contributed by atoms with van der Waals surface area (Å²) in [5, 5.41) is 14.7. The van der Waals surface area contributed by atoms with E-state index in [4.69, 9.17) is 4.74 Å². The van der Waals surface area contributed by atoms with Gasteiger partial charge in [0.1, 0.15) is 11.6 Å². The molecule has 7 rings (SSSR count). The zero-order valence-corrected chi connectivity index (χ0v) is 25.0. The third-order valence-electron chi connectivity index (χ3n) is 9.48. The molecule has 10 heteroatoms. The number of anilines is 3. The fourth-order valence-corrected chi connectivity index (χ4v) is 6.85. The Labute approximate surface area is 255 Å². The molecule has 0 unspecified atom stereocenters. The van der Waals surface area contributed by atoms with Crippen molar-refractivity contribution in [2.75, 3.05) is 62.0 Å². The van der Waals surface area contributed by atoms with E-state index < -0.39 is 11.6 Å². The summed E-state index contributed by atoms with van der Waals surface area (Å²) in [6.45, 7) is 5.80. The molecule has 3 saturated heterocycles. The van der Waals surface area contributed by atoms with Crippen LogP contribution in [0, 0.1) is 17.0 Å². The maximum atomic E-state index is 13.8. The van der Waals surface area contributed by atoms with Crippen molar-refractivity contribution in [2.24, 2.45) is 5.41 Å². The molecule has 0 aliphatic carbocycles. The third kappa shape index (κ3) is 6.01. The minimum atomic E-state index is -0.607. The molecule has 1 amide bonds. The summed E-state index contributed by atoms with van der Waals surface area (Å²) in [5.41, 5.74) is 5.03. The molecule has 0 bridgehead atoms. The predicted octanol–water partition coefficient (Wildman–Crippen LogP) is 5.81. The molecule has 0 radical (unpaired) electrons. The molecule has 3 aromatic carbocycles. The number of aromatic nitrogens is 2. The van der Waals surface area contributed by atoms with Gasteiger partial charge in [0.15, 0.2) is 5.82 Å². The first-order valence-electron chi connectivity index (χ1n) is 15.5. The SMILES string of the molecule is CN1CCC2(CC1)CN(c1ccc(C(=O)Nc3n[nH]c4ccc(Cc5cc(F)cc(F)c5)cc34)c(NC3CCOCC3)c1)C2. The fraction of sp³-hybridized carbons (Fsp3) is 0.412. The van der Waals surface area contributed by atoms with Crippen molar-refractivity contribution in [1.29, 1.82) is 0 Å². The quantitative estimate of drug-likeness (QED) is 0.249. The first-order chi connectivity index (χ1) is 21.3. The number of piperidine rings is 1. The second-order valence-corrected chi connectivity index (χ2v) is 12.8. The number of rotatable bonds is 7. The molecule has 3 aliphatic heterocycles. The lowest BCUT2D eigenvalue weighted by Crippen LogP contribution is -2.60. The van der Waals surface area contributed by atoms with Gasteiger partial charge in [-0.3, -0.25) is 9.89 Å². The molecule has 230 valence electrons. The van der Waals surface area contributed by atoms with E-state index in [-0.39, 0.29) is 11.9 Å². The van der Waals surface area contributed by atoms with Gasteiger partial charge in [-0.25, -0.2) is 8.78 Å². The largest absolute Gasteiger partial charge is 0.381 e. The molecular formula is C34H38F2N6O2. The molecule has 1 aromatic heterocycles. The van der Waals surface area contributed by atoms with Crippen LogP contribution in [0.25, 0.3) is 10.9 Å². The zero-order valence-electron chi connectivity index (χ0n) is 25.0. The number of benzene rings is 3. The van der Waals surface area contributed by atoms with E-state index in [1.807, 2.05) is 30.3 Å². The normalized spacial score (nSPS) is 18.8. The van der Waals surface area contributed by atoms with Crippen LogP contribution in [0.15, 0.2) is 54.6 Å². The Morgan fingerprint density at radius 2 is 1.75 bits per heavy atom. The number of ether oxygens (including phenoxy) is 1. The number of hydrogen-bond donors (Lipinski definition) is 3. The molecule has 1 spiro atoms. The molecule has 4 aromatic rings. The lowest BCUT2D eigenvalue weighted by molar-refractivity contribution is 0.0901. The van der Waals surface area contributed by atoms with Crippen LogP contribution >= 0.6 is 0 Å². The summed E-state index contributed by atoms with van der Waals surface area (Å²) in [4.78, 5) is 18.6. The van der Waals surface area contributed by atoms with Crippen LogP contribution in [0.4, 0.5) is 26.0 Å². The number of carbonyl (C=O) groups excluding carboxylic acids is 1. The van der Waals surface area contributed by atoms with Gasteiger partial charge in [0.05, 0.1) is 11.1 Å². The number of hydrogen-bond acceptors (Lipinski definition) is 6. The highest BCUT2D eigenvalue weighted by Crippen LogP contribution is 2.43. The average molecular weight is 601 g/mol. The molecule has 4 heterocycles. The molecule has 44 heavy (non-hydrogen) atoms. The minimum Gasteiger partial charge on any atom is -0.381 e. The van der Waals surface area contributed by atoms with Crippen LogP contribution in [0.2, 0.25) is 0 Å². The summed E-state index contributed by atoms with van der Waals surface area (Å²) in [6, 6.07) is 15.5. The smallest absolute Gasteiger partial charge is 0.258 e. The number of likely N-dealkylation sites (tertiary alicyclic amines) is 1. The maximum absolute atomic E-state index is 13.8. The number of carbonyl (C=O) groups is 1. The maximum Gasteiger partial charge on any atom is 0.258 e. The Bertz CT molecular complexity index is 1650. The summed E-state index contributed by atoms with van der Waals surface area (Å²) < 4.78 is 33.1. The Morgan fingerprint density at radius 3 is 2.50 bits per heavy atom. The monoisotopic (exact) mass is 600 g/mol. The number of fused-ring (bicyclic) bond motifs is 1. The molecular weight excluding hydrogens is 562 g/mol. The minimum absolute atomic E-state index is 0.226. The van der Waals surface area contributed by atoms with Gasteiger partial charge in [0, 0.05) is 60.6 Å². The lowest BCUT2D eigenvalue weighted by atomic mass is 9.72. The first kappa shape index (κ1) is 28.7. The van der Waals surface area contributed by atoms with Crippen molar-refractivity contribution in [3.63, 3.8) is 0 Å². The van der Waals surface area contributed by atoms with Gasteiger partial charge in [-0.05, 0) is 106 Å². The van der Waals surface area contributed by atoms with Gasteiger partial charge in [0.2, 0.25) is 0 Å². The highest BCUT2D eigenvalue weighted by atomic mass is 19.1. The standard InChI is InChI=1S/C34H38F2N6O2/c1-41-10-8-34(9-11-41)20-42(21-34)27-3-4-28(31(19-27)37-26-6-12-44-13-7-26)33(43)38-32-29-17-22(2-5-30(29)39-40-32)14-23-15-24(35)18-25(36)16-23/h2-5,15-19,26,37H,6-14,20-21H2,1H3,(H2,38,39,40,43). The van der Waals surface area contributed by atoms with Crippen molar-refractivity contribution < 1.29 is 18.3 Å². The lowest BCUT2D eigenvalue weighted by Gasteiger charge is -2.54. The second kappa shape index (κ2) is 11.8. The van der Waals surface area contributed by atoms with Gasteiger partial charge < -0.3 is 25.2 Å². The van der Waals surface area contributed by atoms with Gasteiger partial charge in [0.25, 0.3) is 5.91 Å². The van der Waals surface area contributed by atoms with Crippen molar-refractivity contribution >= 4 is 34.0 Å². The summed E-state index contributed by atoms with van der Waals surface area (Å²) in [6.07, 6.45) is 4.57. The highest BCUT2D eigenvalue weighted by Gasteiger charge is 2.44. The number of amides is 1. The van der Waals surface area contributed by atoms with E-state index in [2.05, 4.69) is 43.7 Å². The van der Waals surface area contributed by atoms with E-state index in [0.29, 0.717) is 42.0 Å². The van der Waals surface area contributed by atoms with Gasteiger partial charge >= 0.3 is 0 Å². The Balaban J connectivity index is 1.12. The Morgan fingerprint density at radius 1 is 1.00 bits per heavy atom. The number of aromatic amines is 1. The van der Waals surface area contributed by atoms with E-state index in [1.165, 1.54) is 25.0 Å². The van der Waals surface area contributed by atoms with Crippen molar-refractivity contribution in [3.05, 3.63) is 82.9 Å². The van der Waals surface area contributed by atoms with Crippen molar-refractivity contribution in [1.82, 2.24) is 15.1 Å². The highest BCUT2D eigenvalue weighted by molar-refractivity contribution is 6.11. The number of halogens is 2. The molecule has 0 saturated carbocycles. The molecule has 3 aliphatic rings. The number of H-pyrrole nitrogens is 1. The summed E-state index contributed by atoms with van der Waals surface area (Å²) >= 11 is 0. The molecule has 0 atom stereocenters. The first-order valence-corrected chi connectivity index (χ1v) is 15.5. The van der Waals surface area contributed by atoms with Crippen LogP contribution in [0.5, 0.6) is 0 Å². The average Bonchev–Trinajstić information content (AvgIpc) is 3.38. The van der Waals surface area contributed by atoms with Gasteiger partial charge in [-0.15, -0.1) is 0 Å². The van der Waals surface area contributed by atoms with E-state index in [0.717, 1.165) is 72.9 Å². The molecule has 3 fully saturated rings. The molecule has 3 N–H and O–H groups in total. The van der Waals surface area contributed by atoms with Crippen molar-refractivity contribution in [2.45, 2.75) is 38.1 Å². The Kier molecular flexibility index (Phi) is 7.72. The van der Waals surface area contributed by atoms with Gasteiger partial charge in [-0.2, -0.15) is 5.10 Å². The number of nitrogens with zero attached hydrogens (tertiary/aromatic N) is 3. The van der Waals surface area contributed by atoms with E-state index >= 15 is 0 Å². The van der Waals surface area contributed by atoms with Crippen LogP contribution in [0.1, 0.15) is 47.2 Å². The third-order valence-corrected chi connectivity index (χ3v) is 9.48. The number of nitrogens with one attached hydrogen (secondary N) is 3. The van der Waals surface area contributed by atoms with Crippen molar-refractivity contribution in [3.8, 4) is 0 Å². The van der Waals surface area contributed by atoms with E-state index in [1.54, 1.807) is 0 Å². The van der Waals surface area contributed by atoms with E-state index in [9.17, 15) is 13.6 Å². The van der Waals surface area contributed by atoms with Gasteiger partial charge in [-0.1, -0.05) is 6.07 Å². The van der Waals surface area contributed by atoms with Crippen LogP contribution in [-0.2, 0) is 11.2 Å². The second-order valence-electron chi connectivity index (χ2n) is 12.8. The van der Waals surface area contributed by atoms with Crippen LogP contribution in [-0.4, -0.2) is 73.5 Å². The topological polar surface area (TPSA) is 85.5 Å². The summed E-state index contributed by atoms with van der Waals surface area (Å²) in [5.74, 6) is -1.06. The predicted molar refractivity (Wildman–Crippen MR) is 168 cm³/mol. The summed E-state index contributed by atoms with van der Waals surface area (Å²) in [7, 11) is 2.20. The molecule has 8 nitrogen and oxygen atoms in total. The Hall–Kier alpha value is -4.02.